The molecule has 0 unspecified atom stereocenters. The lowest BCUT2D eigenvalue weighted by Gasteiger charge is -2.18. The Morgan fingerprint density at radius 1 is 0.969 bits per heavy atom. The van der Waals surface area contributed by atoms with Crippen LogP contribution in [0.1, 0.15) is 11.1 Å². The molecule has 0 fully saturated rings. The highest BCUT2D eigenvalue weighted by Gasteiger charge is 2.28. The Labute approximate surface area is 196 Å². The number of nitrogens with zero attached hydrogens (tertiary/aromatic N) is 1. The van der Waals surface area contributed by atoms with Gasteiger partial charge in [0, 0.05) is 12.5 Å². The summed E-state index contributed by atoms with van der Waals surface area (Å²) in [7, 11) is 1.68. The maximum Gasteiger partial charge on any atom is 0.231 e. The summed E-state index contributed by atoms with van der Waals surface area (Å²) in [6, 6.07) is 20.7. The van der Waals surface area contributed by atoms with E-state index in [9.17, 15) is 0 Å². The van der Waals surface area contributed by atoms with Crippen molar-refractivity contribution < 1.29 is 40.5 Å². The van der Waals surface area contributed by atoms with Gasteiger partial charge < -0.3 is 35.9 Å². The van der Waals surface area contributed by atoms with E-state index >= 15 is 0 Å². The monoisotopic (exact) mass is 491 g/mol. The van der Waals surface area contributed by atoms with Crippen LogP contribution in [0.15, 0.2) is 66.9 Å². The molecule has 0 saturated carbocycles. The second-order valence-corrected chi connectivity index (χ2v) is 7.84. The Hall–Kier alpha value is -3.25. The average molecular weight is 492 g/mol. The van der Waals surface area contributed by atoms with Crippen molar-refractivity contribution in [1.29, 1.82) is 0 Å². The van der Waals surface area contributed by atoms with Crippen LogP contribution in [0.5, 0.6) is 23.0 Å². The predicted molar refractivity (Wildman–Crippen MR) is 117 cm³/mol. The van der Waals surface area contributed by atoms with E-state index in [1.807, 2.05) is 24.3 Å². The van der Waals surface area contributed by atoms with E-state index in [1.54, 1.807) is 7.11 Å². The number of rotatable bonds is 4. The van der Waals surface area contributed by atoms with Crippen molar-refractivity contribution in [3.05, 3.63) is 78.0 Å². The molecule has 32 heavy (non-hydrogen) atoms. The average Bonchev–Trinajstić information content (AvgIpc) is 3.28. The van der Waals surface area contributed by atoms with Gasteiger partial charge in [-0.05, 0) is 40.8 Å². The van der Waals surface area contributed by atoms with E-state index < -0.39 is 0 Å². The van der Waals surface area contributed by atoms with Gasteiger partial charge in [0.1, 0.15) is 6.61 Å². The molecule has 0 radical (unpaired) electrons. The number of halogens is 1. The number of pyridine rings is 1. The summed E-state index contributed by atoms with van der Waals surface area (Å²) in [5, 5.41) is 2.16. The van der Waals surface area contributed by atoms with Crippen LogP contribution in [0.2, 0.25) is 0 Å². The van der Waals surface area contributed by atoms with Gasteiger partial charge in [-0.2, -0.15) is 4.57 Å². The minimum absolute atomic E-state index is 0. The summed E-state index contributed by atoms with van der Waals surface area (Å²) in [6.45, 7) is 1.68. The first-order valence-electron chi connectivity index (χ1n) is 10.4. The van der Waals surface area contributed by atoms with Crippen molar-refractivity contribution >= 4 is 10.8 Å². The van der Waals surface area contributed by atoms with Crippen LogP contribution in [0.25, 0.3) is 22.0 Å². The fourth-order valence-corrected chi connectivity index (χ4v) is 4.44. The third-order valence-corrected chi connectivity index (χ3v) is 6.02. The molecule has 6 heteroatoms. The number of hydrogen-bond acceptors (Lipinski definition) is 4. The van der Waals surface area contributed by atoms with Gasteiger partial charge in [-0.25, -0.2) is 0 Å². The first kappa shape index (κ1) is 20.6. The van der Waals surface area contributed by atoms with Crippen molar-refractivity contribution in [2.24, 2.45) is 0 Å². The zero-order chi connectivity index (χ0) is 20.8. The van der Waals surface area contributed by atoms with Crippen molar-refractivity contribution in [3.63, 3.8) is 0 Å². The molecule has 162 valence electrons. The molecule has 1 aromatic heterocycles. The molecule has 6 rings (SSSR count). The molecule has 0 atom stereocenters. The first-order chi connectivity index (χ1) is 15.3. The summed E-state index contributed by atoms with van der Waals surface area (Å²) in [5.74, 6) is 3.17. The van der Waals surface area contributed by atoms with E-state index in [0.29, 0.717) is 6.61 Å². The number of benzene rings is 3. The van der Waals surface area contributed by atoms with Crippen LogP contribution < -0.4 is 40.5 Å². The standard InChI is InChI=1S/C26H22NO4.BrH/c1-28-23-8-7-18-11-22-20-13-25-24(30-16-31-25)12-19(20)9-10-27(22)14-21(18)26(23)29-15-17-5-3-2-4-6-17;/h2-8,11-14H,9-10,15-16H2,1H3;1H/q+1;/p-1. The lowest BCUT2D eigenvalue weighted by atomic mass is 9.95. The lowest BCUT2D eigenvalue weighted by Crippen LogP contribution is -3.00. The van der Waals surface area contributed by atoms with Crippen LogP contribution in [0.3, 0.4) is 0 Å². The number of hydrogen-bond donors (Lipinski definition) is 0. The number of ether oxygens (including phenoxy) is 4. The fraction of sp³-hybridized carbons (Fsp3) is 0.192. The zero-order valence-corrected chi connectivity index (χ0v) is 19.2. The number of fused-ring (bicyclic) bond motifs is 5. The number of aryl methyl sites for hydroxylation is 2. The Bertz CT molecular complexity index is 1310. The maximum atomic E-state index is 6.27. The van der Waals surface area contributed by atoms with Gasteiger partial charge in [-0.15, -0.1) is 0 Å². The van der Waals surface area contributed by atoms with E-state index in [4.69, 9.17) is 18.9 Å². The molecule has 0 spiro atoms. The van der Waals surface area contributed by atoms with Gasteiger partial charge in [0.25, 0.3) is 0 Å². The molecular weight excluding hydrogens is 470 g/mol. The van der Waals surface area contributed by atoms with Crippen LogP contribution in [0.4, 0.5) is 0 Å². The molecule has 0 bridgehead atoms. The minimum atomic E-state index is 0. The molecule has 2 aliphatic heterocycles. The fourth-order valence-electron chi connectivity index (χ4n) is 4.44. The molecule has 0 aliphatic carbocycles. The van der Waals surface area contributed by atoms with Crippen molar-refractivity contribution in [1.82, 2.24) is 0 Å². The quantitative estimate of drug-likeness (QED) is 0.407. The van der Waals surface area contributed by atoms with Gasteiger partial charge in [0.15, 0.2) is 35.7 Å². The molecule has 4 aromatic rings. The highest BCUT2D eigenvalue weighted by atomic mass is 79.9. The largest absolute Gasteiger partial charge is 1.00 e. The van der Waals surface area contributed by atoms with Gasteiger partial charge in [-0.3, -0.25) is 0 Å². The SMILES string of the molecule is COc1ccc2cc3[n+](cc2c1OCc1ccccc1)CCc1cc2c(cc1-3)OCO2.[Br-]. The molecule has 0 saturated heterocycles. The predicted octanol–water partition coefficient (Wildman–Crippen LogP) is 1.67. The molecule has 2 aliphatic rings. The van der Waals surface area contributed by atoms with Gasteiger partial charge in [0.05, 0.1) is 18.1 Å². The highest BCUT2D eigenvalue weighted by Crippen LogP contribution is 2.41. The van der Waals surface area contributed by atoms with Crippen molar-refractivity contribution in [2.45, 2.75) is 19.6 Å². The summed E-state index contributed by atoms with van der Waals surface area (Å²) in [5.41, 5.74) is 4.78. The van der Waals surface area contributed by atoms with Crippen LogP contribution in [-0.2, 0) is 19.6 Å². The third kappa shape index (κ3) is 3.45. The van der Waals surface area contributed by atoms with Gasteiger partial charge in [0.2, 0.25) is 12.5 Å². The Morgan fingerprint density at radius 3 is 2.59 bits per heavy atom. The summed E-state index contributed by atoms with van der Waals surface area (Å²) in [6.07, 6.45) is 3.13. The van der Waals surface area contributed by atoms with Gasteiger partial charge >= 0.3 is 0 Å². The molecule has 3 heterocycles. The molecule has 5 nitrogen and oxygen atoms in total. The van der Waals surface area contributed by atoms with Crippen molar-refractivity contribution in [3.8, 4) is 34.3 Å². The Morgan fingerprint density at radius 2 is 1.78 bits per heavy atom. The van der Waals surface area contributed by atoms with Crippen LogP contribution in [0, 0.1) is 0 Å². The second kappa shape index (κ2) is 8.36. The topological polar surface area (TPSA) is 40.8 Å². The smallest absolute Gasteiger partial charge is 0.231 e. The zero-order valence-electron chi connectivity index (χ0n) is 17.6. The normalized spacial score (nSPS) is 13.2. The second-order valence-electron chi connectivity index (χ2n) is 7.84. The van der Waals surface area contributed by atoms with E-state index in [-0.39, 0.29) is 23.8 Å². The Balaban J connectivity index is 0.00000216. The third-order valence-electron chi connectivity index (χ3n) is 6.02. The van der Waals surface area contributed by atoms with Crippen molar-refractivity contribution in [2.75, 3.05) is 13.9 Å². The summed E-state index contributed by atoms with van der Waals surface area (Å²) < 4.78 is 25.4. The summed E-state index contributed by atoms with van der Waals surface area (Å²) in [4.78, 5) is 0. The summed E-state index contributed by atoms with van der Waals surface area (Å²) >= 11 is 0. The molecule has 3 aromatic carbocycles. The van der Waals surface area contributed by atoms with Gasteiger partial charge in [-0.1, -0.05) is 30.3 Å². The first-order valence-corrected chi connectivity index (χ1v) is 10.4. The lowest BCUT2D eigenvalue weighted by molar-refractivity contribution is -0.686. The molecule has 0 N–H and O–H groups in total. The maximum absolute atomic E-state index is 6.27. The molecular formula is C26H22BrNO4. The Kier molecular flexibility index (Phi) is 5.39. The van der Waals surface area contributed by atoms with E-state index in [2.05, 4.69) is 47.2 Å². The number of aromatic nitrogens is 1. The minimum Gasteiger partial charge on any atom is -1.00 e. The van der Waals surface area contributed by atoms with Crippen LogP contribution >= 0.6 is 0 Å². The van der Waals surface area contributed by atoms with E-state index in [0.717, 1.165) is 52.3 Å². The molecule has 0 amide bonds. The van der Waals surface area contributed by atoms with Crippen LogP contribution in [-0.4, -0.2) is 13.9 Å². The number of methoxy groups -OCH3 is 1. The highest BCUT2D eigenvalue weighted by molar-refractivity contribution is 5.91. The van der Waals surface area contributed by atoms with E-state index in [1.165, 1.54) is 16.8 Å².